The first-order valence-corrected chi connectivity index (χ1v) is 8.28. The van der Waals surface area contributed by atoms with Crippen molar-refractivity contribution >= 4 is 51.5 Å². The highest BCUT2D eigenvalue weighted by Gasteiger charge is 2.16. The van der Waals surface area contributed by atoms with Gasteiger partial charge in [0.25, 0.3) is 5.91 Å². The fourth-order valence-electron chi connectivity index (χ4n) is 2.39. The Hall–Kier alpha value is -1.76. The Morgan fingerprint density at radius 3 is 2.87 bits per heavy atom. The molecule has 3 aromatic rings. The summed E-state index contributed by atoms with van der Waals surface area (Å²) in [6.07, 6.45) is 1.73. The predicted molar refractivity (Wildman–Crippen MR) is 92.8 cm³/mol. The molecule has 0 atom stereocenters. The number of methoxy groups -OCH3 is 1. The highest BCUT2D eigenvalue weighted by Crippen LogP contribution is 2.32. The molecule has 0 saturated carbocycles. The summed E-state index contributed by atoms with van der Waals surface area (Å²) in [5, 5.41) is 3.26. The number of nitrogens with one attached hydrogen (secondary N) is 1. The quantitative estimate of drug-likeness (QED) is 0.758. The third-order valence-electron chi connectivity index (χ3n) is 3.46. The number of hydrogen-bond donors (Lipinski definition) is 1. The minimum Gasteiger partial charge on any atom is -0.496 e. The van der Waals surface area contributed by atoms with E-state index in [2.05, 4.69) is 10.3 Å². The molecular formula is C15H13Cl2N3O2S. The van der Waals surface area contributed by atoms with E-state index < -0.39 is 0 Å². The van der Waals surface area contributed by atoms with Crippen molar-refractivity contribution in [2.75, 3.05) is 7.11 Å². The average molecular weight is 370 g/mol. The highest BCUT2D eigenvalue weighted by molar-refractivity contribution is 7.18. The molecule has 3 rings (SSSR count). The first-order chi connectivity index (χ1) is 11.0. The molecule has 0 aliphatic carbocycles. The van der Waals surface area contributed by atoms with E-state index in [0.717, 1.165) is 27.9 Å². The molecule has 1 N–H and O–H groups in total. The van der Waals surface area contributed by atoms with Crippen LogP contribution in [0.25, 0.3) is 11.0 Å². The molecule has 8 heteroatoms. The number of halogens is 2. The van der Waals surface area contributed by atoms with Gasteiger partial charge in [0, 0.05) is 19.2 Å². The molecular weight excluding hydrogens is 357 g/mol. The molecule has 2 heterocycles. The minimum absolute atomic E-state index is 0.231. The van der Waals surface area contributed by atoms with Gasteiger partial charge in [0.2, 0.25) is 0 Å². The fraction of sp³-hybridized carbons (Fsp3) is 0.200. The highest BCUT2D eigenvalue weighted by atomic mass is 35.5. The zero-order valence-corrected chi connectivity index (χ0v) is 14.7. The second kappa shape index (κ2) is 6.39. The monoisotopic (exact) mass is 369 g/mol. The third-order valence-corrected chi connectivity index (χ3v) is 5.32. The van der Waals surface area contributed by atoms with Crippen molar-refractivity contribution in [3.8, 4) is 5.75 Å². The Morgan fingerprint density at radius 2 is 2.22 bits per heavy atom. The molecule has 2 aromatic heterocycles. The summed E-state index contributed by atoms with van der Waals surface area (Å²) >= 11 is 12.9. The molecule has 0 spiro atoms. The van der Waals surface area contributed by atoms with Gasteiger partial charge < -0.3 is 14.6 Å². The maximum atomic E-state index is 12.3. The number of carbonyl (C=O) groups excluding carboxylic acids is 1. The van der Waals surface area contributed by atoms with Gasteiger partial charge in [-0.1, -0.05) is 23.2 Å². The number of nitrogens with zero attached hydrogens (tertiary/aromatic N) is 2. The number of carbonyl (C=O) groups is 1. The number of hydrogen-bond acceptors (Lipinski definition) is 4. The molecule has 0 unspecified atom stereocenters. The molecule has 0 aliphatic rings. The number of amides is 1. The third kappa shape index (κ3) is 3.02. The number of aromatic nitrogens is 2. The van der Waals surface area contributed by atoms with E-state index in [1.54, 1.807) is 19.5 Å². The van der Waals surface area contributed by atoms with Gasteiger partial charge in [-0.05, 0) is 18.2 Å². The fourth-order valence-corrected chi connectivity index (χ4v) is 3.67. The van der Waals surface area contributed by atoms with Crippen LogP contribution < -0.4 is 10.1 Å². The number of fused-ring (bicyclic) bond motifs is 1. The number of thiophene rings is 1. The van der Waals surface area contributed by atoms with Gasteiger partial charge in [0.05, 0.1) is 34.4 Å². The number of benzene rings is 1. The van der Waals surface area contributed by atoms with E-state index in [4.69, 9.17) is 27.9 Å². The first-order valence-electron chi connectivity index (χ1n) is 6.71. The van der Waals surface area contributed by atoms with Crippen molar-refractivity contribution in [3.63, 3.8) is 0 Å². The number of imidazole rings is 1. The van der Waals surface area contributed by atoms with Crippen LogP contribution in [-0.2, 0) is 13.6 Å². The maximum Gasteiger partial charge on any atom is 0.261 e. The summed E-state index contributed by atoms with van der Waals surface area (Å²) < 4.78 is 7.71. The van der Waals surface area contributed by atoms with Crippen molar-refractivity contribution in [2.45, 2.75) is 6.54 Å². The molecule has 23 heavy (non-hydrogen) atoms. The second-order valence-corrected chi connectivity index (χ2v) is 6.95. The minimum atomic E-state index is -0.231. The Balaban J connectivity index is 1.89. The normalized spacial score (nSPS) is 11.0. The molecule has 0 bridgehead atoms. The molecule has 5 nitrogen and oxygen atoms in total. The van der Waals surface area contributed by atoms with E-state index in [-0.39, 0.29) is 5.91 Å². The van der Waals surface area contributed by atoms with Crippen molar-refractivity contribution < 1.29 is 9.53 Å². The summed E-state index contributed by atoms with van der Waals surface area (Å²) in [7, 11) is 3.50. The summed E-state index contributed by atoms with van der Waals surface area (Å²) in [6, 6.07) is 5.29. The summed E-state index contributed by atoms with van der Waals surface area (Å²) in [4.78, 5) is 17.0. The van der Waals surface area contributed by atoms with Gasteiger partial charge in [-0.15, -0.1) is 11.3 Å². The molecule has 0 saturated heterocycles. The van der Waals surface area contributed by atoms with Gasteiger partial charge in [0.1, 0.15) is 10.1 Å². The van der Waals surface area contributed by atoms with Crippen LogP contribution in [0, 0.1) is 0 Å². The number of aryl methyl sites for hydroxylation is 1. The SMILES string of the molecule is COc1ccc2ncn(C)c2c1CNC(=O)c1cc(Cl)c(Cl)s1. The van der Waals surface area contributed by atoms with E-state index in [1.165, 1.54) is 0 Å². The van der Waals surface area contributed by atoms with Crippen molar-refractivity contribution in [2.24, 2.45) is 7.05 Å². The van der Waals surface area contributed by atoms with Crippen LogP contribution >= 0.6 is 34.5 Å². The second-order valence-electron chi connectivity index (χ2n) is 4.88. The Labute approximate surface area is 146 Å². The van der Waals surface area contributed by atoms with Gasteiger partial charge in [0.15, 0.2) is 0 Å². The Morgan fingerprint density at radius 1 is 1.43 bits per heavy atom. The predicted octanol–water partition coefficient (Wildman–Crippen LogP) is 3.88. The van der Waals surface area contributed by atoms with Crippen molar-refractivity contribution in [3.05, 3.63) is 44.3 Å². The maximum absolute atomic E-state index is 12.3. The number of ether oxygens (including phenoxy) is 1. The lowest BCUT2D eigenvalue weighted by molar-refractivity contribution is 0.0955. The van der Waals surface area contributed by atoms with Crippen LogP contribution in [0.5, 0.6) is 5.75 Å². The van der Waals surface area contributed by atoms with Crippen LogP contribution in [0.3, 0.4) is 0 Å². The van der Waals surface area contributed by atoms with Gasteiger partial charge >= 0.3 is 0 Å². The van der Waals surface area contributed by atoms with E-state index >= 15 is 0 Å². The van der Waals surface area contributed by atoms with Crippen molar-refractivity contribution in [1.29, 1.82) is 0 Å². The van der Waals surface area contributed by atoms with Crippen LogP contribution in [0.4, 0.5) is 0 Å². The molecule has 0 aliphatic heterocycles. The van der Waals surface area contributed by atoms with Crippen LogP contribution in [0.15, 0.2) is 24.5 Å². The van der Waals surface area contributed by atoms with Crippen molar-refractivity contribution in [1.82, 2.24) is 14.9 Å². The summed E-state index contributed by atoms with van der Waals surface area (Å²) in [6.45, 7) is 0.312. The Bertz CT molecular complexity index is 869. The first kappa shape index (κ1) is 16.1. The van der Waals surface area contributed by atoms with E-state index in [9.17, 15) is 4.79 Å². The lowest BCUT2D eigenvalue weighted by Crippen LogP contribution is -2.22. The average Bonchev–Trinajstić information content (AvgIpc) is 3.08. The molecule has 1 aromatic carbocycles. The molecule has 0 radical (unpaired) electrons. The summed E-state index contributed by atoms with van der Waals surface area (Å²) in [5.74, 6) is 0.466. The molecule has 1 amide bonds. The standard InChI is InChI=1S/C15H13Cl2N3O2S/c1-20-7-19-10-3-4-11(22-2)8(13(10)20)6-18-15(21)12-5-9(16)14(17)23-12/h3-5,7H,6H2,1-2H3,(H,18,21). The van der Waals surface area contributed by atoms with Gasteiger partial charge in [-0.3, -0.25) is 4.79 Å². The molecule has 0 fully saturated rings. The van der Waals surface area contributed by atoms with Crippen LogP contribution in [-0.4, -0.2) is 22.6 Å². The lowest BCUT2D eigenvalue weighted by Gasteiger charge is -2.11. The zero-order chi connectivity index (χ0) is 16.6. The Kier molecular flexibility index (Phi) is 4.48. The van der Waals surface area contributed by atoms with Crippen LogP contribution in [0.2, 0.25) is 9.36 Å². The van der Waals surface area contributed by atoms with E-state index in [1.807, 2.05) is 23.7 Å². The zero-order valence-electron chi connectivity index (χ0n) is 12.4. The number of rotatable bonds is 4. The van der Waals surface area contributed by atoms with Crippen LogP contribution in [0.1, 0.15) is 15.2 Å². The largest absolute Gasteiger partial charge is 0.496 e. The smallest absolute Gasteiger partial charge is 0.261 e. The van der Waals surface area contributed by atoms with Gasteiger partial charge in [-0.25, -0.2) is 4.98 Å². The summed E-state index contributed by atoms with van der Waals surface area (Å²) in [5.41, 5.74) is 2.64. The van der Waals surface area contributed by atoms with Gasteiger partial charge in [-0.2, -0.15) is 0 Å². The van der Waals surface area contributed by atoms with E-state index in [0.29, 0.717) is 26.5 Å². The molecule has 120 valence electrons. The lowest BCUT2D eigenvalue weighted by atomic mass is 10.1. The topological polar surface area (TPSA) is 56.1 Å².